The molecule has 0 saturated carbocycles. The van der Waals surface area contributed by atoms with Crippen LogP contribution in [-0.2, 0) is 9.59 Å². The molecular formula is C24H21NO5S. The fraction of sp³-hybridized carbons (Fsp3) is 0.167. The second-order valence-corrected chi connectivity index (χ2v) is 8.05. The van der Waals surface area contributed by atoms with Gasteiger partial charge >= 0.3 is 0 Å². The van der Waals surface area contributed by atoms with Crippen molar-refractivity contribution in [2.75, 3.05) is 19.1 Å². The van der Waals surface area contributed by atoms with E-state index in [-0.39, 0.29) is 11.3 Å². The average Bonchev–Trinajstić information content (AvgIpc) is 3.40. The second kappa shape index (κ2) is 8.28. The van der Waals surface area contributed by atoms with Crippen LogP contribution in [0.15, 0.2) is 65.6 Å². The molecule has 2 heterocycles. The van der Waals surface area contributed by atoms with E-state index >= 15 is 0 Å². The highest BCUT2D eigenvalue weighted by Gasteiger charge is 2.47. The number of aliphatic hydroxyl groups is 1. The highest BCUT2D eigenvalue weighted by Crippen LogP contribution is 2.44. The first-order chi connectivity index (χ1) is 15.0. The quantitative estimate of drug-likeness (QED) is 0.357. The highest BCUT2D eigenvalue weighted by atomic mass is 32.1. The first-order valence-corrected chi connectivity index (χ1v) is 10.5. The monoisotopic (exact) mass is 435 g/mol. The molecule has 31 heavy (non-hydrogen) atoms. The van der Waals surface area contributed by atoms with Gasteiger partial charge in [-0.25, -0.2) is 0 Å². The van der Waals surface area contributed by atoms with Crippen molar-refractivity contribution >= 4 is 34.5 Å². The third-order valence-corrected chi connectivity index (χ3v) is 6.20. The molecule has 6 nitrogen and oxygen atoms in total. The molecule has 1 amide bonds. The van der Waals surface area contributed by atoms with Crippen LogP contribution in [-0.4, -0.2) is 31.0 Å². The van der Waals surface area contributed by atoms with Gasteiger partial charge in [0.25, 0.3) is 11.7 Å². The zero-order valence-corrected chi connectivity index (χ0v) is 18.1. The molecule has 7 heteroatoms. The topological polar surface area (TPSA) is 76.1 Å². The predicted octanol–water partition coefficient (Wildman–Crippen LogP) is 4.70. The van der Waals surface area contributed by atoms with Crippen molar-refractivity contribution in [2.45, 2.75) is 13.0 Å². The smallest absolute Gasteiger partial charge is 0.300 e. The van der Waals surface area contributed by atoms with Gasteiger partial charge in [-0.05, 0) is 66.4 Å². The van der Waals surface area contributed by atoms with E-state index in [0.29, 0.717) is 22.7 Å². The van der Waals surface area contributed by atoms with Crippen molar-refractivity contribution in [2.24, 2.45) is 0 Å². The summed E-state index contributed by atoms with van der Waals surface area (Å²) in [5, 5.41) is 13.0. The van der Waals surface area contributed by atoms with Crippen LogP contribution in [0.2, 0.25) is 0 Å². The molecular weight excluding hydrogens is 414 g/mol. The van der Waals surface area contributed by atoms with Crippen molar-refractivity contribution in [1.82, 2.24) is 0 Å². The molecule has 1 N–H and O–H groups in total. The summed E-state index contributed by atoms with van der Waals surface area (Å²) in [4.78, 5) is 28.4. The number of ether oxygens (including phenoxy) is 2. The Morgan fingerprint density at radius 1 is 1.03 bits per heavy atom. The summed E-state index contributed by atoms with van der Waals surface area (Å²) in [6, 6.07) is 15.0. The summed E-state index contributed by atoms with van der Waals surface area (Å²) in [5.74, 6) is -0.305. The Morgan fingerprint density at radius 3 is 2.35 bits per heavy atom. The summed E-state index contributed by atoms with van der Waals surface area (Å²) in [6.07, 6.45) is 0. The van der Waals surface area contributed by atoms with E-state index < -0.39 is 17.7 Å². The molecule has 0 radical (unpaired) electrons. The number of amides is 1. The maximum Gasteiger partial charge on any atom is 0.300 e. The van der Waals surface area contributed by atoms with E-state index in [1.807, 2.05) is 24.4 Å². The molecule has 1 fully saturated rings. The van der Waals surface area contributed by atoms with Gasteiger partial charge in [0.1, 0.15) is 23.3 Å². The number of benzene rings is 2. The number of aliphatic hydroxyl groups excluding tert-OH is 1. The van der Waals surface area contributed by atoms with Crippen molar-refractivity contribution in [1.29, 1.82) is 0 Å². The van der Waals surface area contributed by atoms with Gasteiger partial charge in [-0.3, -0.25) is 14.5 Å². The minimum absolute atomic E-state index is 0.0628. The lowest BCUT2D eigenvalue weighted by atomic mass is 9.98. The third-order valence-electron chi connectivity index (χ3n) is 5.28. The van der Waals surface area contributed by atoms with Gasteiger partial charge in [-0.1, -0.05) is 6.07 Å². The van der Waals surface area contributed by atoms with Crippen molar-refractivity contribution < 1.29 is 24.2 Å². The van der Waals surface area contributed by atoms with E-state index in [4.69, 9.17) is 9.47 Å². The molecule has 0 spiro atoms. The van der Waals surface area contributed by atoms with Crippen LogP contribution in [0, 0.1) is 6.92 Å². The average molecular weight is 436 g/mol. The predicted molar refractivity (Wildman–Crippen MR) is 120 cm³/mol. The fourth-order valence-electron chi connectivity index (χ4n) is 3.74. The molecule has 3 aromatic rings. The third kappa shape index (κ3) is 3.57. The molecule has 1 saturated heterocycles. The molecule has 1 aromatic heterocycles. The van der Waals surface area contributed by atoms with Crippen LogP contribution in [0.1, 0.15) is 22.0 Å². The Morgan fingerprint density at radius 2 is 1.77 bits per heavy atom. The molecule has 1 atom stereocenters. The minimum atomic E-state index is -0.726. The van der Waals surface area contributed by atoms with Gasteiger partial charge in [0, 0.05) is 16.1 Å². The van der Waals surface area contributed by atoms with Crippen LogP contribution in [0.25, 0.3) is 5.76 Å². The van der Waals surface area contributed by atoms with Gasteiger partial charge < -0.3 is 14.6 Å². The normalized spacial score (nSPS) is 17.8. The molecule has 4 rings (SSSR count). The Balaban J connectivity index is 1.88. The van der Waals surface area contributed by atoms with Gasteiger partial charge in [0.2, 0.25) is 0 Å². The maximum atomic E-state index is 13.1. The number of methoxy groups -OCH3 is 2. The number of rotatable bonds is 5. The molecule has 158 valence electrons. The van der Waals surface area contributed by atoms with Crippen LogP contribution in [0.3, 0.4) is 0 Å². The lowest BCUT2D eigenvalue weighted by Crippen LogP contribution is -2.29. The Labute approximate surface area is 184 Å². The number of carbonyl (C=O) groups excluding carboxylic acids is 2. The number of hydrogen-bond acceptors (Lipinski definition) is 6. The van der Waals surface area contributed by atoms with Crippen LogP contribution in [0.4, 0.5) is 5.69 Å². The van der Waals surface area contributed by atoms with Crippen LogP contribution in [0.5, 0.6) is 11.5 Å². The molecule has 2 aromatic carbocycles. The largest absolute Gasteiger partial charge is 0.507 e. The SMILES string of the molecule is COc1ccc(N2C(=O)C(=O)/C(=C(\O)c3ccc(OC)c(C)c3)C2c2cccs2)cc1. The second-order valence-electron chi connectivity index (χ2n) is 7.07. The summed E-state index contributed by atoms with van der Waals surface area (Å²) in [5.41, 5.74) is 1.87. The standard InChI is InChI=1S/C24H21NO5S/c1-14-13-15(6-11-18(14)30-3)22(26)20-21(19-5-4-12-31-19)25(24(28)23(20)27)16-7-9-17(29-2)10-8-16/h4-13,21,26H,1-3H3/b22-20-. The molecule has 0 bridgehead atoms. The zero-order valence-electron chi connectivity index (χ0n) is 17.3. The van der Waals surface area contributed by atoms with Crippen molar-refractivity contribution in [3.8, 4) is 11.5 Å². The number of thiophene rings is 1. The van der Waals surface area contributed by atoms with Crippen LogP contribution < -0.4 is 14.4 Å². The first kappa shape index (κ1) is 20.7. The summed E-state index contributed by atoms with van der Waals surface area (Å²) in [6.45, 7) is 1.85. The summed E-state index contributed by atoms with van der Waals surface area (Å²) >= 11 is 1.42. The zero-order chi connectivity index (χ0) is 22.1. The van der Waals surface area contributed by atoms with Crippen LogP contribution >= 0.6 is 11.3 Å². The van der Waals surface area contributed by atoms with Gasteiger partial charge in [-0.2, -0.15) is 0 Å². The highest BCUT2D eigenvalue weighted by molar-refractivity contribution is 7.10. The Hall–Kier alpha value is -3.58. The maximum absolute atomic E-state index is 13.1. The fourth-order valence-corrected chi connectivity index (χ4v) is 4.56. The molecule has 1 unspecified atom stereocenters. The Kier molecular flexibility index (Phi) is 5.52. The number of anilines is 1. The number of aryl methyl sites for hydroxylation is 1. The number of Topliss-reactive ketones (excluding diaryl/α,β-unsaturated/α-hetero) is 1. The Bertz CT molecular complexity index is 1170. The van der Waals surface area contributed by atoms with Crippen molar-refractivity contribution in [3.05, 3.63) is 81.6 Å². The first-order valence-electron chi connectivity index (χ1n) is 9.59. The molecule has 0 aliphatic carbocycles. The lowest BCUT2D eigenvalue weighted by Gasteiger charge is -2.24. The van der Waals surface area contributed by atoms with E-state index in [1.54, 1.807) is 56.7 Å². The lowest BCUT2D eigenvalue weighted by molar-refractivity contribution is -0.132. The van der Waals surface area contributed by atoms with Gasteiger partial charge in [0.15, 0.2) is 0 Å². The van der Waals surface area contributed by atoms with E-state index in [9.17, 15) is 14.7 Å². The number of carbonyl (C=O) groups is 2. The number of hydrogen-bond donors (Lipinski definition) is 1. The van der Waals surface area contributed by atoms with Crippen molar-refractivity contribution in [3.63, 3.8) is 0 Å². The minimum Gasteiger partial charge on any atom is -0.507 e. The van der Waals surface area contributed by atoms with Gasteiger partial charge in [0.05, 0.1) is 19.8 Å². The summed E-state index contributed by atoms with van der Waals surface area (Å²) in [7, 11) is 3.13. The number of nitrogens with zero attached hydrogens (tertiary/aromatic N) is 1. The molecule has 1 aliphatic rings. The van der Waals surface area contributed by atoms with E-state index in [2.05, 4.69) is 0 Å². The summed E-state index contributed by atoms with van der Waals surface area (Å²) < 4.78 is 10.5. The molecule has 1 aliphatic heterocycles. The van der Waals surface area contributed by atoms with E-state index in [0.717, 1.165) is 10.4 Å². The van der Waals surface area contributed by atoms with E-state index in [1.165, 1.54) is 16.2 Å². The number of ketones is 1. The van der Waals surface area contributed by atoms with Gasteiger partial charge in [-0.15, -0.1) is 11.3 Å².